The van der Waals surface area contributed by atoms with Crippen LogP contribution >= 0.6 is 0 Å². The summed E-state index contributed by atoms with van der Waals surface area (Å²) in [5.41, 5.74) is 2.98. The molecule has 230 valence electrons. The van der Waals surface area contributed by atoms with Gasteiger partial charge >= 0.3 is 0 Å². The predicted octanol–water partition coefficient (Wildman–Crippen LogP) is 6.66. The van der Waals surface area contributed by atoms with Crippen molar-refractivity contribution in [2.24, 2.45) is 0 Å². The van der Waals surface area contributed by atoms with Gasteiger partial charge in [-0.05, 0) is 66.6 Å². The number of benzene rings is 4. The van der Waals surface area contributed by atoms with E-state index < -0.39 is 33.7 Å². The molecular formula is C33H27F2N3O6S. The fraction of sp³-hybridized carbons (Fsp3) is 0.152. The Bertz CT molecular complexity index is 2220. The number of halogens is 2. The molecule has 0 aliphatic rings. The van der Waals surface area contributed by atoms with Crippen molar-refractivity contribution in [3.63, 3.8) is 0 Å². The standard InChI is InChI=1S/C33H27F2N3O6S/c1-17(39)21-13-10-19(14-23(21)33-37-30-25(35)6-5-7-27(30)44-33)22-15-24-28(16-26(22)38(3)45(4,41)42)43-31(29(24)32(40)36-2)18-8-11-20(34)12-9-18/h5-17,39H,1-4H3,(H,36,40). The Hall–Kier alpha value is -5.07. The maximum Gasteiger partial charge on any atom is 0.255 e. The summed E-state index contributed by atoms with van der Waals surface area (Å²) in [5, 5.41) is 13.6. The van der Waals surface area contributed by atoms with Crippen molar-refractivity contribution in [3.8, 4) is 33.9 Å². The number of anilines is 1. The first-order valence-corrected chi connectivity index (χ1v) is 15.6. The summed E-state index contributed by atoms with van der Waals surface area (Å²) in [7, 11) is -0.932. The SMILES string of the molecule is CNC(=O)c1c(-c2ccc(F)cc2)oc2cc(N(C)S(C)(=O)=O)c(-c3ccc(C(C)O)c(-c4nc5c(F)cccc5o4)c3)cc12. The number of oxazole rings is 1. The number of hydrogen-bond acceptors (Lipinski definition) is 7. The van der Waals surface area contributed by atoms with Crippen LogP contribution < -0.4 is 9.62 Å². The lowest BCUT2D eigenvalue weighted by Gasteiger charge is -2.21. The Morgan fingerprint density at radius 3 is 2.31 bits per heavy atom. The zero-order valence-corrected chi connectivity index (χ0v) is 25.4. The third-order valence-electron chi connectivity index (χ3n) is 7.62. The number of amides is 1. The van der Waals surface area contributed by atoms with E-state index in [0.29, 0.717) is 33.2 Å². The maximum absolute atomic E-state index is 14.5. The Balaban J connectivity index is 1.65. The number of aliphatic hydroxyl groups excluding tert-OH is 1. The number of fused-ring (bicyclic) bond motifs is 2. The van der Waals surface area contributed by atoms with Gasteiger partial charge in [-0.25, -0.2) is 22.2 Å². The molecule has 0 fully saturated rings. The number of nitrogens with zero attached hydrogens (tertiary/aromatic N) is 2. The van der Waals surface area contributed by atoms with E-state index in [4.69, 9.17) is 8.83 Å². The van der Waals surface area contributed by atoms with E-state index in [9.17, 15) is 27.1 Å². The molecular weight excluding hydrogens is 604 g/mol. The van der Waals surface area contributed by atoms with Gasteiger partial charge in [-0.15, -0.1) is 0 Å². The molecule has 1 amide bonds. The molecule has 1 unspecified atom stereocenters. The van der Waals surface area contributed by atoms with Crippen molar-refractivity contribution >= 4 is 43.7 Å². The number of sulfonamides is 1. The quantitative estimate of drug-likeness (QED) is 0.202. The van der Waals surface area contributed by atoms with Crippen LogP contribution in [-0.4, -0.2) is 44.8 Å². The number of nitrogens with one attached hydrogen (secondary N) is 1. The van der Waals surface area contributed by atoms with E-state index >= 15 is 0 Å². The molecule has 1 atom stereocenters. The summed E-state index contributed by atoms with van der Waals surface area (Å²) in [5.74, 6) is -1.28. The first-order valence-electron chi connectivity index (χ1n) is 13.8. The van der Waals surface area contributed by atoms with Crippen LogP contribution in [0.1, 0.15) is 28.9 Å². The third kappa shape index (κ3) is 5.32. The predicted molar refractivity (Wildman–Crippen MR) is 167 cm³/mol. The second-order valence-electron chi connectivity index (χ2n) is 10.6. The van der Waals surface area contributed by atoms with Crippen LogP contribution in [0.2, 0.25) is 0 Å². The number of carbonyl (C=O) groups is 1. The number of carbonyl (C=O) groups excluding carboxylic acids is 1. The summed E-state index contributed by atoms with van der Waals surface area (Å²) < 4.78 is 66.9. The van der Waals surface area contributed by atoms with Crippen LogP contribution in [0.15, 0.2) is 81.6 Å². The molecule has 2 aromatic heterocycles. The molecule has 0 aliphatic heterocycles. The Labute approximate surface area is 256 Å². The minimum atomic E-state index is -3.78. The first-order chi connectivity index (χ1) is 21.4. The number of para-hydroxylation sites is 1. The lowest BCUT2D eigenvalue weighted by atomic mass is 9.94. The van der Waals surface area contributed by atoms with Gasteiger partial charge in [-0.1, -0.05) is 18.2 Å². The van der Waals surface area contributed by atoms with Gasteiger partial charge in [0.15, 0.2) is 11.4 Å². The Kier molecular flexibility index (Phi) is 7.42. The fourth-order valence-electron chi connectivity index (χ4n) is 5.26. The van der Waals surface area contributed by atoms with Gasteiger partial charge in [0.2, 0.25) is 15.9 Å². The molecule has 0 spiro atoms. The summed E-state index contributed by atoms with van der Waals surface area (Å²) in [6.07, 6.45) is 0.0965. The average Bonchev–Trinajstić information content (AvgIpc) is 3.62. The fourth-order valence-corrected chi connectivity index (χ4v) is 5.77. The summed E-state index contributed by atoms with van der Waals surface area (Å²) >= 11 is 0. The lowest BCUT2D eigenvalue weighted by molar-refractivity contribution is 0.0964. The molecule has 0 bridgehead atoms. The molecule has 45 heavy (non-hydrogen) atoms. The summed E-state index contributed by atoms with van der Waals surface area (Å²) in [4.78, 5) is 17.6. The van der Waals surface area contributed by atoms with Gasteiger partial charge in [0.1, 0.15) is 22.7 Å². The topological polar surface area (TPSA) is 126 Å². The van der Waals surface area contributed by atoms with Crippen LogP contribution in [0, 0.1) is 11.6 Å². The largest absolute Gasteiger partial charge is 0.455 e. The summed E-state index contributed by atoms with van der Waals surface area (Å²) in [6.45, 7) is 1.56. The van der Waals surface area contributed by atoms with E-state index in [2.05, 4.69) is 10.3 Å². The zero-order chi connectivity index (χ0) is 32.2. The third-order valence-corrected chi connectivity index (χ3v) is 8.81. The molecule has 6 rings (SSSR count). The minimum absolute atomic E-state index is 0.0234. The molecule has 6 aromatic rings. The van der Waals surface area contributed by atoms with Crippen molar-refractivity contribution in [2.45, 2.75) is 13.0 Å². The van der Waals surface area contributed by atoms with E-state index in [1.54, 1.807) is 37.3 Å². The van der Waals surface area contributed by atoms with E-state index in [0.717, 1.165) is 10.6 Å². The second kappa shape index (κ2) is 11.1. The molecule has 0 saturated carbocycles. The maximum atomic E-state index is 14.5. The highest BCUT2D eigenvalue weighted by Gasteiger charge is 2.27. The van der Waals surface area contributed by atoms with E-state index in [-0.39, 0.29) is 39.6 Å². The highest BCUT2D eigenvalue weighted by atomic mass is 32.2. The highest BCUT2D eigenvalue weighted by Crippen LogP contribution is 2.43. The first kappa shape index (κ1) is 30.0. The van der Waals surface area contributed by atoms with Gasteiger partial charge in [0, 0.05) is 42.2 Å². The number of hydrogen-bond donors (Lipinski definition) is 2. The molecule has 9 nitrogen and oxygen atoms in total. The molecule has 0 radical (unpaired) electrons. The van der Waals surface area contributed by atoms with Crippen molar-refractivity contribution < 1.29 is 35.9 Å². The molecule has 4 aromatic carbocycles. The Morgan fingerprint density at radius 2 is 1.67 bits per heavy atom. The van der Waals surface area contributed by atoms with Gasteiger partial charge in [-0.2, -0.15) is 0 Å². The highest BCUT2D eigenvalue weighted by molar-refractivity contribution is 7.92. The van der Waals surface area contributed by atoms with Crippen LogP contribution in [0.25, 0.3) is 56.0 Å². The normalized spacial score (nSPS) is 12.5. The second-order valence-corrected chi connectivity index (χ2v) is 12.6. The van der Waals surface area contributed by atoms with Crippen LogP contribution in [0.3, 0.4) is 0 Å². The number of aliphatic hydroxyl groups is 1. The molecule has 12 heteroatoms. The number of furan rings is 1. The average molecular weight is 632 g/mol. The van der Waals surface area contributed by atoms with Gasteiger partial charge in [0.25, 0.3) is 5.91 Å². The lowest BCUT2D eigenvalue weighted by Crippen LogP contribution is -2.25. The van der Waals surface area contributed by atoms with Gasteiger partial charge < -0.3 is 19.3 Å². The molecule has 0 aliphatic carbocycles. The van der Waals surface area contributed by atoms with E-state index in [1.165, 1.54) is 56.6 Å². The van der Waals surface area contributed by atoms with E-state index in [1.807, 2.05) is 0 Å². The smallest absolute Gasteiger partial charge is 0.255 e. The van der Waals surface area contributed by atoms with Crippen molar-refractivity contribution in [3.05, 3.63) is 95.6 Å². The molecule has 2 heterocycles. The molecule has 2 N–H and O–H groups in total. The number of aromatic nitrogens is 1. The van der Waals surface area contributed by atoms with Crippen LogP contribution in [0.4, 0.5) is 14.5 Å². The van der Waals surface area contributed by atoms with Gasteiger partial charge in [0.05, 0.1) is 23.6 Å². The zero-order valence-electron chi connectivity index (χ0n) is 24.6. The Morgan fingerprint density at radius 1 is 0.956 bits per heavy atom. The van der Waals surface area contributed by atoms with Crippen molar-refractivity contribution in [1.82, 2.24) is 10.3 Å². The van der Waals surface area contributed by atoms with Gasteiger partial charge in [-0.3, -0.25) is 9.10 Å². The number of rotatable bonds is 7. The summed E-state index contributed by atoms with van der Waals surface area (Å²) in [6, 6.07) is 17.9. The van der Waals surface area contributed by atoms with Crippen LogP contribution in [0.5, 0.6) is 0 Å². The molecule has 0 saturated heterocycles. The van der Waals surface area contributed by atoms with Crippen molar-refractivity contribution in [1.29, 1.82) is 0 Å². The minimum Gasteiger partial charge on any atom is -0.455 e. The monoisotopic (exact) mass is 631 g/mol. The van der Waals surface area contributed by atoms with Crippen molar-refractivity contribution in [2.75, 3.05) is 24.7 Å². The van der Waals surface area contributed by atoms with Crippen LogP contribution in [-0.2, 0) is 10.0 Å².